The molecule has 1 aliphatic rings. The number of carbonyl (C=O) groups is 2. The van der Waals surface area contributed by atoms with Crippen molar-refractivity contribution in [2.75, 3.05) is 6.54 Å². The van der Waals surface area contributed by atoms with Gasteiger partial charge in [0.05, 0.1) is 6.20 Å². The van der Waals surface area contributed by atoms with Crippen LogP contribution in [0.5, 0.6) is 0 Å². The van der Waals surface area contributed by atoms with E-state index in [2.05, 4.69) is 11.6 Å². The zero-order valence-electron chi connectivity index (χ0n) is 16.5. The number of rotatable bonds is 6. The first-order chi connectivity index (χ1) is 14.2. The van der Waals surface area contributed by atoms with Gasteiger partial charge in [0.25, 0.3) is 5.91 Å². The van der Waals surface area contributed by atoms with Gasteiger partial charge in [0.2, 0.25) is 5.78 Å². The lowest BCUT2D eigenvalue weighted by Crippen LogP contribution is -2.41. The molecule has 2 aromatic heterocycles. The molecule has 5 heteroatoms. The van der Waals surface area contributed by atoms with Crippen molar-refractivity contribution in [2.24, 2.45) is 0 Å². The number of ketones is 1. The fourth-order valence-electron chi connectivity index (χ4n) is 4.11. The summed E-state index contributed by atoms with van der Waals surface area (Å²) >= 11 is 0. The van der Waals surface area contributed by atoms with Gasteiger partial charge < -0.3 is 4.90 Å². The molecule has 148 valence electrons. The van der Waals surface area contributed by atoms with Crippen LogP contribution in [0.3, 0.4) is 0 Å². The maximum atomic E-state index is 13.1. The zero-order chi connectivity index (χ0) is 20.2. The Bertz CT molecular complexity index is 1030. The Kier molecular flexibility index (Phi) is 5.56. The van der Waals surface area contributed by atoms with E-state index in [1.165, 1.54) is 19.3 Å². The molecule has 5 nitrogen and oxygen atoms in total. The van der Waals surface area contributed by atoms with E-state index in [4.69, 9.17) is 0 Å². The molecule has 1 aromatic carbocycles. The minimum Gasteiger partial charge on any atom is -0.332 e. The summed E-state index contributed by atoms with van der Waals surface area (Å²) in [6.07, 6.45) is 10.9. The molecule has 0 radical (unpaired) electrons. The average molecular weight is 387 g/mol. The first-order valence-electron chi connectivity index (χ1n) is 10.2. The summed E-state index contributed by atoms with van der Waals surface area (Å²) in [6, 6.07) is 12.8. The van der Waals surface area contributed by atoms with Gasteiger partial charge in [-0.05, 0) is 37.1 Å². The number of benzene rings is 1. The van der Waals surface area contributed by atoms with Gasteiger partial charge in [-0.15, -0.1) is 6.58 Å². The highest BCUT2D eigenvalue weighted by Gasteiger charge is 2.25. The van der Waals surface area contributed by atoms with Crippen LogP contribution >= 0.6 is 0 Å². The number of hydrogen-bond acceptors (Lipinski definition) is 3. The van der Waals surface area contributed by atoms with Crippen LogP contribution in [0, 0.1) is 0 Å². The van der Waals surface area contributed by atoms with Gasteiger partial charge in [0, 0.05) is 29.9 Å². The van der Waals surface area contributed by atoms with Gasteiger partial charge in [0.1, 0.15) is 11.3 Å². The van der Waals surface area contributed by atoms with Crippen LogP contribution in [0.2, 0.25) is 0 Å². The van der Waals surface area contributed by atoms with Gasteiger partial charge in [-0.1, -0.05) is 43.5 Å². The normalized spacial score (nSPS) is 14.6. The van der Waals surface area contributed by atoms with Gasteiger partial charge >= 0.3 is 0 Å². The average Bonchev–Trinajstić information content (AvgIpc) is 3.21. The third-order valence-electron chi connectivity index (χ3n) is 5.65. The molecule has 0 aliphatic heterocycles. The Balaban J connectivity index is 1.55. The first-order valence-corrected chi connectivity index (χ1v) is 10.2. The van der Waals surface area contributed by atoms with Crippen molar-refractivity contribution in [3.05, 3.63) is 84.3 Å². The number of pyridine rings is 1. The molecule has 0 spiro atoms. The lowest BCUT2D eigenvalue weighted by molar-refractivity contribution is 0.0662. The van der Waals surface area contributed by atoms with Crippen molar-refractivity contribution in [3.63, 3.8) is 0 Å². The number of imidazole rings is 1. The standard InChI is InChI=1S/C24H25N3O2/c1-2-15-26(20-8-4-3-5-9-20)24(29)19-13-11-18(12-14-19)23(28)21-17-25-22-10-6-7-16-27(21)22/h2,6-7,10-14,16-17,20H,1,3-5,8-9,15H2. The zero-order valence-corrected chi connectivity index (χ0v) is 16.5. The van der Waals surface area contributed by atoms with Crippen LogP contribution in [-0.4, -0.2) is 38.6 Å². The van der Waals surface area contributed by atoms with Crippen LogP contribution in [0.4, 0.5) is 0 Å². The Hall–Kier alpha value is -3.21. The van der Waals surface area contributed by atoms with Crippen molar-refractivity contribution in [3.8, 4) is 0 Å². The van der Waals surface area contributed by atoms with Gasteiger partial charge in [-0.2, -0.15) is 0 Å². The SMILES string of the molecule is C=CCN(C(=O)c1ccc(C(=O)c2cnc3ccccn23)cc1)C1CCCCC1. The van der Waals surface area contributed by atoms with E-state index in [1.807, 2.05) is 29.3 Å². The van der Waals surface area contributed by atoms with Crippen molar-refractivity contribution < 1.29 is 9.59 Å². The summed E-state index contributed by atoms with van der Waals surface area (Å²) in [7, 11) is 0. The fraction of sp³-hybridized carbons (Fsp3) is 0.292. The van der Waals surface area contributed by atoms with E-state index in [0.29, 0.717) is 23.4 Å². The van der Waals surface area contributed by atoms with Crippen molar-refractivity contribution in [1.82, 2.24) is 14.3 Å². The fourth-order valence-corrected chi connectivity index (χ4v) is 4.11. The molecule has 1 amide bonds. The predicted molar refractivity (Wildman–Crippen MR) is 113 cm³/mol. The maximum Gasteiger partial charge on any atom is 0.254 e. The minimum atomic E-state index is -0.113. The summed E-state index contributed by atoms with van der Waals surface area (Å²) in [5, 5.41) is 0. The summed E-state index contributed by atoms with van der Waals surface area (Å²) < 4.78 is 1.77. The Morgan fingerprint density at radius 1 is 1.07 bits per heavy atom. The molecule has 0 N–H and O–H groups in total. The van der Waals surface area contributed by atoms with E-state index < -0.39 is 0 Å². The van der Waals surface area contributed by atoms with Crippen LogP contribution in [0.1, 0.15) is 58.5 Å². The van der Waals surface area contributed by atoms with Gasteiger partial charge in [-0.3, -0.25) is 14.0 Å². The molecule has 4 rings (SSSR count). The summed E-state index contributed by atoms with van der Waals surface area (Å²) in [5.74, 6) is -0.108. The molecule has 3 aromatic rings. The topological polar surface area (TPSA) is 54.7 Å². The molecular weight excluding hydrogens is 362 g/mol. The Morgan fingerprint density at radius 2 is 1.79 bits per heavy atom. The molecule has 1 saturated carbocycles. The van der Waals surface area contributed by atoms with E-state index in [-0.39, 0.29) is 17.7 Å². The van der Waals surface area contributed by atoms with Gasteiger partial charge in [-0.25, -0.2) is 4.98 Å². The summed E-state index contributed by atoms with van der Waals surface area (Å²) in [4.78, 5) is 32.2. The summed E-state index contributed by atoms with van der Waals surface area (Å²) in [5.41, 5.74) is 2.39. The maximum absolute atomic E-state index is 13.1. The van der Waals surface area contributed by atoms with Crippen LogP contribution in [0.15, 0.2) is 67.5 Å². The van der Waals surface area contributed by atoms with E-state index in [1.54, 1.807) is 40.9 Å². The first kappa shape index (κ1) is 19.1. The predicted octanol–water partition coefficient (Wildman–Crippen LogP) is 4.53. The monoisotopic (exact) mass is 387 g/mol. The Morgan fingerprint density at radius 3 is 2.52 bits per heavy atom. The highest BCUT2D eigenvalue weighted by Crippen LogP contribution is 2.24. The highest BCUT2D eigenvalue weighted by molar-refractivity contribution is 6.08. The molecule has 1 fully saturated rings. The second-order valence-corrected chi connectivity index (χ2v) is 7.52. The molecule has 2 heterocycles. The molecule has 0 unspecified atom stereocenters. The third-order valence-corrected chi connectivity index (χ3v) is 5.65. The van der Waals surface area contributed by atoms with Crippen LogP contribution < -0.4 is 0 Å². The second kappa shape index (κ2) is 8.43. The molecule has 0 bridgehead atoms. The van der Waals surface area contributed by atoms with Crippen molar-refractivity contribution >= 4 is 17.3 Å². The van der Waals surface area contributed by atoms with Crippen molar-refractivity contribution in [1.29, 1.82) is 0 Å². The van der Waals surface area contributed by atoms with Crippen LogP contribution in [0.25, 0.3) is 5.65 Å². The summed E-state index contributed by atoms with van der Waals surface area (Å²) in [6.45, 7) is 4.36. The van der Waals surface area contributed by atoms with E-state index in [0.717, 1.165) is 18.5 Å². The minimum absolute atomic E-state index is 0.00519. The van der Waals surface area contributed by atoms with E-state index >= 15 is 0 Å². The molecule has 0 atom stereocenters. The highest BCUT2D eigenvalue weighted by atomic mass is 16.2. The van der Waals surface area contributed by atoms with E-state index in [9.17, 15) is 9.59 Å². The van der Waals surface area contributed by atoms with Crippen LogP contribution in [-0.2, 0) is 0 Å². The molecule has 0 saturated heterocycles. The second-order valence-electron chi connectivity index (χ2n) is 7.52. The number of aromatic nitrogens is 2. The lowest BCUT2D eigenvalue weighted by Gasteiger charge is -2.33. The number of carbonyl (C=O) groups excluding carboxylic acids is 2. The lowest BCUT2D eigenvalue weighted by atomic mass is 9.93. The Labute approximate surface area is 170 Å². The number of nitrogens with zero attached hydrogens (tertiary/aromatic N) is 3. The number of fused-ring (bicyclic) bond motifs is 1. The molecular formula is C24H25N3O2. The smallest absolute Gasteiger partial charge is 0.254 e. The number of hydrogen-bond donors (Lipinski definition) is 0. The molecule has 1 aliphatic carbocycles. The quantitative estimate of drug-likeness (QED) is 0.461. The van der Waals surface area contributed by atoms with Gasteiger partial charge in [0.15, 0.2) is 0 Å². The number of amides is 1. The largest absolute Gasteiger partial charge is 0.332 e. The van der Waals surface area contributed by atoms with Crippen molar-refractivity contribution in [2.45, 2.75) is 38.1 Å². The molecule has 29 heavy (non-hydrogen) atoms. The third kappa shape index (κ3) is 3.86.